The van der Waals surface area contributed by atoms with E-state index in [2.05, 4.69) is 4.98 Å². The summed E-state index contributed by atoms with van der Waals surface area (Å²) < 4.78 is 4.73. The molecule has 0 aliphatic carbocycles. The van der Waals surface area contributed by atoms with E-state index in [9.17, 15) is 4.79 Å². The lowest BCUT2D eigenvalue weighted by Crippen LogP contribution is -1.98. The fraction of sp³-hybridized carbons (Fsp3) is 0.143. The van der Waals surface area contributed by atoms with Crippen LogP contribution in [-0.4, -0.2) is 17.6 Å². The van der Waals surface area contributed by atoms with Crippen molar-refractivity contribution in [2.75, 3.05) is 6.61 Å². The number of thiazole rings is 1. The van der Waals surface area contributed by atoms with Gasteiger partial charge in [0.2, 0.25) is 0 Å². The van der Waals surface area contributed by atoms with Gasteiger partial charge in [-0.3, -0.25) is 0 Å². The van der Waals surface area contributed by atoms with Gasteiger partial charge >= 0.3 is 5.97 Å². The van der Waals surface area contributed by atoms with E-state index in [1.54, 1.807) is 36.6 Å². The van der Waals surface area contributed by atoms with E-state index < -0.39 is 0 Å². The van der Waals surface area contributed by atoms with Gasteiger partial charge in [0.15, 0.2) is 0 Å². The topological polar surface area (TPSA) is 39.2 Å². The molecule has 1 aromatic rings. The second-order valence-corrected chi connectivity index (χ2v) is 4.04. The minimum atomic E-state index is -0.324. The van der Waals surface area contributed by atoms with Crippen molar-refractivity contribution < 1.29 is 9.53 Å². The number of hydrogen-bond donors (Lipinski definition) is 0. The molecule has 0 aromatic carbocycles. The van der Waals surface area contributed by atoms with Crippen LogP contribution in [0.1, 0.15) is 11.9 Å². The van der Waals surface area contributed by atoms with E-state index in [1.165, 1.54) is 6.08 Å². The Morgan fingerprint density at radius 2 is 2.00 bits per heavy atom. The molecule has 4 heteroatoms. The molecular formula is C14H15NO2S. The average molecular weight is 261 g/mol. The van der Waals surface area contributed by atoms with Crippen LogP contribution in [0.25, 0.3) is 6.08 Å². The van der Waals surface area contributed by atoms with Crippen LogP contribution < -0.4 is 0 Å². The van der Waals surface area contributed by atoms with Crippen LogP contribution in [0.4, 0.5) is 0 Å². The summed E-state index contributed by atoms with van der Waals surface area (Å²) in [4.78, 5) is 15.0. The van der Waals surface area contributed by atoms with Crippen LogP contribution in [0.5, 0.6) is 0 Å². The van der Waals surface area contributed by atoms with Crippen molar-refractivity contribution >= 4 is 23.4 Å². The van der Waals surface area contributed by atoms with Gasteiger partial charge in [0.25, 0.3) is 0 Å². The van der Waals surface area contributed by atoms with Gasteiger partial charge in [0.05, 0.1) is 6.61 Å². The van der Waals surface area contributed by atoms with Crippen molar-refractivity contribution in [3.05, 3.63) is 59.1 Å². The van der Waals surface area contributed by atoms with Crippen LogP contribution in [0, 0.1) is 0 Å². The number of rotatable bonds is 6. The highest BCUT2D eigenvalue weighted by Gasteiger charge is 1.89. The minimum Gasteiger partial charge on any atom is -0.463 e. The van der Waals surface area contributed by atoms with Crippen LogP contribution in [0.15, 0.2) is 54.1 Å². The Morgan fingerprint density at radius 1 is 1.28 bits per heavy atom. The Balaban J connectivity index is 2.26. The Hall–Kier alpha value is -1.94. The van der Waals surface area contributed by atoms with E-state index in [0.29, 0.717) is 6.61 Å². The summed E-state index contributed by atoms with van der Waals surface area (Å²) in [5.74, 6) is -0.324. The largest absolute Gasteiger partial charge is 0.463 e. The van der Waals surface area contributed by atoms with Crippen molar-refractivity contribution in [2.45, 2.75) is 6.92 Å². The number of nitrogens with zero attached hydrogens (tertiary/aromatic N) is 1. The number of aromatic nitrogens is 1. The number of carbonyl (C=O) groups is 1. The molecule has 0 amide bonds. The van der Waals surface area contributed by atoms with Crippen LogP contribution in [0.2, 0.25) is 0 Å². The van der Waals surface area contributed by atoms with E-state index in [-0.39, 0.29) is 5.97 Å². The van der Waals surface area contributed by atoms with E-state index in [4.69, 9.17) is 4.74 Å². The lowest BCUT2D eigenvalue weighted by atomic mass is 10.4. The van der Waals surface area contributed by atoms with Gasteiger partial charge in [0.1, 0.15) is 5.01 Å². The van der Waals surface area contributed by atoms with Gasteiger partial charge in [-0.1, -0.05) is 36.5 Å². The zero-order valence-corrected chi connectivity index (χ0v) is 11.0. The smallest absolute Gasteiger partial charge is 0.330 e. The van der Waals surface area contributed by atoms with Gasteiger partial charge in [-0.25, -0.2) is 9.78 Å². The lowest BCUT2D eigenvalue weighted by molar-refractivity contribution is -0.137. The van der Waals surface area contributed by atoms with Gasteiger partial charge in [-0.2, -0.15) is 0 Å². The van der Waals surface area contributed by atoms with Crippen LogP contribution in [-0.2, 0) is 9.53 Å². The summed E-state index contributed by atoms with van der Waals surface area (Å²) in [5, 5.41) is 2.91. The maximum absolute atomic E-state index is 10.9. The molecule has 0 bridgehead atoms. The van der Waals surface area contributed by atoms with Crippen LogP contribution in [0.3, 0.4) is 0 Å². The molecule has 0 fully saturated rings. The van der Waals surface area contributed by atoms with Gasteiger partial charge in [-0.05, 0) is 13.0 Å². The minimum absolute atomic E-state index is 0.324. The first-order chi connectivity index (χ1) is 8.83. The molecule has 18 heavy (non-hydrogen) atoms. The third kappa shape index (κ3) is 6.60. The standard InChI is InChI=1S/C14H15NO2S/c1-2-17-14(16)10-8-6-4-3-5-7-9-13-15-11-12-18-13/h3-12H,2H2,1H3/b5-3+,6-4+,9-7+,10-8+. The Labute approximate surface area is 111 Å². The highest BCUT2D eigenvalue weighted by atomic mass is 32.1. The second kappa shape index (κ2) is 9.13. The highest BCUT2D eigenvalue weighted by Crippen LogP contribution is 2.05. The average Bonchev–Trinajstić information content (AvgIpc) is 2.86. The molecule has 0 spiro atoms. The van der Waals surface area contributed by atoms with Gasteiger partial charge in [0, 0.05) is 17.7 Å². The second-order valence-electron chi connectivity index (χ2n) is 3.11. The maximum atomic E-state index is 10.9. The first-order valence-corrected chi connectivity index (χ1v) is 6.45. The normalized spacial score (nSPS) is 12.3. The third-order valence-electron chi connectivity index (χ3n) is 1.76. The fourth-order valence-corrected chi connectivity index (χ4v) is 1.58. The Kier molecular flexibility index (Phi) is 7.16. The zero-order chi connectivity index (χ0) is 13.1. The van der Waals surface area contributed by atoms with Crippen molar-refractivity contribution in [1.29, 1.82) is 0 Å². The molecule has 3 nitrogen and oxygen atoms in total. The molecule has 0 saturated heterocycles. The Morgan fingerprint density at radius 3 is 2.67 bits per heavy atom. The number of hydrogen-bond acceptors (Lipinski definition) is 4. The number of allylic oxidation sites excluding steroid dienone is 6. The molecule has 1 aromatic heterocycles. The predicted octanol–water partition coefficient (Wildman–Crippen LogP) is 3.39. The molecule has 0 aliphatic rings. The third-order valence-corrected chi connectivity index (χ3v) is 2.51. The maximum Gasteiger partial charge on any atom is 0.330 e. The van der Waals surface area contributed by atoms with Crippen molar-refractivity contribution in [2.24, 2.45) is 0 Å². The first kappa shape index (κ1) is 14.1. The zero-order valence-electron chi connectivity index (χ0n) is 10.2. The molecular weight excluding hydrogens is 246 g/mol. The first-order valence-electron chi connectivity index (χ1n) is 5.57. The Bertz CT molecular complexity index is 456. The SMILES string of the molecule is CCOC(=O)/C=C/C=C/C=C/C=C/c1nccs1. The summed E-state index contributed by atoms with van der Waals surface area (Å²) in [6.45, 7) is 2.17. The molecule has 0 saturated carbocycles. The number of ether oxygens (including phenoxy) is 1. The molecule has 0 atom stereocenters. The molecule has 1 heterocycles. The van der Waals surface area contributed by atoms with Crippen molar-refractivity contribution in [1.82, 2.24) is 4.98 Å². The molecule has 1 rings (SSSR count). The summed E-state index contributed by atoms with van der Waals surface area (Å²) >= 11 is 1.59. The van der Waals surface area contributed by atoms with Gasteiger partial charge < -0.3 is 4.74 Å². The molecule has 0 unspecified atom stereocenters. The summed E-state index contributed by atoms with van der Waals surface area (Å²) in [5.41, 5.74) is 0. The van der Waals surface area contributed by atoms with E-state index in [1.807, 2.05) is 35.8 Å². The summed E-state index contributed by atoms with van der Waals surface area (Å²) in [6, 6.07) is 0. The number of esters is 1. The quantitative estimate of drug-likeness (QED) is 0.447. The van der Waals surface area contributed by atoms with Crippen LogP contribution >= 0.6 is 11.3 Å². The highest BCUT2D eigenvalue weighted by molar-refractivity contribution is 7.10. The molecule has 0 aliphatic heterocycles. The monoisotopic (exact) mass is 261 g/mol. The number of carbonyl (C=O) groups excluding carboxylic acids is 1. The fourth-order valence-electron chi connectivity index (χ4n) is 1.04. The van der Waals surface area contributed by atoms with Crippen molar-refractivity contribution in [3.8, 4) is 0 Å². The van der Waals surface area contributed by atoms with E-state index in [0.717, 1.165) is 5.01 Å². The summed E-state index contributed by atoms with van der Waals surface area (Å²) in [6.07, 6.45) is 16.0. The lowest BCUT2D eigenvalue weighted by Gasteiger charge is -1.92. The van der Waals surface area contributed by atoms with Crippen molar-refractivity contribution in [3.63, 3.8) is 0 Å². The predicted molar refractivity (Wildman–Crippen MR) is 75.2 cm³/mol. The molecule has 0 radical (unpaired) electrons. The molecule has 94 valence electrons. The summed E-state index contributed by atoms with van der Waals surface area (Å²) in [7, 11) is 0. The van der Waals surface area contributed by atoms with E-state index >= 15 is 0 Å². The van der Waals surface area contributed by atoms with Gasteiger partial charge in [-0.15, -0.1) is 11.3 Å². The molecule has 0 N–H and O–H groups in total.